The molecule has 15 heavy (non-hydrogen) atoms. The number of esters is 1. The molecule has 2 rings (SSSR count). The SMILES string of the molecule is COC(=O)C1(Cc2cccc(Cl)c2)CO1. The van der Waals surface area contributed by atoms with Gasteiger partial charge in [-0.25, -0.2) is 4.79 Å². The van der Waals surface area contributed by atoms with Gasteiger partial charge in [0, 0.05) is 11.4 Å². The highest BCUT2D eigenvalue weighted by atomic mass is 35.5. The topological polar surface area (TPSA) is 38.8 Å². The maximum absolute atomic E-state index is 11.4. The fourth-order valence-electron chi connectivity index (χ4n) is 1.54. The van der Waals surface area contributed by atoms with Gasteiger partial charge in [0.05, 0.1) is 13.7 Å². The molecule has 1 aliphatic heterocycles. The Hall–Kier alpha value is -1.06. The number of carbonyl (C=O) groups is 1. The lowest BCUT2D eigenvalue weighted by Crippen LogP contribution is -2.28. The Labute approximate surface area is 92.9 Å². The van der Waals surface area contributed by atoms with E-state index < -0.39 is 5.60 Å². The van der Waals surface area contributed by atoms with Crippen molar-refractivity contribution in [3.63, 3.8) is 0 Å². The van der Waals surface area contributed by atoms with E-state index in [1.54, 1.807) is 6.07 Å². The maximum Gasteiger partial charge on any atom is 0.340 e. The summed E-state index contributed by atoms with van der Waals surface area (Å²) in [5.41, 5.74) is 0.213. The molecule has 0 aromatic heterocycles. The Morgan fingerprint density at radius 3 is 2.93 bits per heavy atom. The Kier molecular flexibility index (Phi) is 2.67. The zero-order chi connectivity index (χ0) is 10.9. The molecule has 1 fully saturated rings. The fourth-order valence-corrected chi connectivity index (χ4v) is 1.75. The van der Waals surface area contributed by atoms with Crippen molar-refractivity contribution in [3.05, 3.63) is 34.9 Å². The highest BCUT2D eigenvalue weighted by molar-refractivity contribution is 6.30. The minimum atomic E-state index is -0.764. The van der Waals surface area contributed by atoms with Gasteiger partial charge in [-0.3, -0.25) is 0 Å². The molecule has 1 heterocycles. The second-order valence-corrected chi connectivity index (χ2v) is 4.02. The van der Waals surface area contributed by atoms with E-state index in [0.717, 1.165) is 5.56 Å². The van der Waals surface area contributed by atoms with Gasteiger partial charge in [-0.15, -0.1) is 0 Å². The van der Waals surface area contributed by atoms with E-state index in [0.29, 0.717) is 18.1 Å². The number of hydrogen-bond donors (Lipinski definition) is 0. The molecule has 0 N–H and O–H groups in total. The number of epoxide rings is 1. The third-order valence-electron chi connectivity index (χ3n) is 2.43. The first-order valence-corrected chi connectivity index (χ1v) is 5.01. The molecule has 0 aliphatic carbocycles. The van der Waals surface area contributed by atoms with Crippen LogP contribution in [0.5, 0.6) is 0 Å². The summed E-state index contributed by atoms with van der Waals surface area (Å²) < 4.78 is 9.86. The number of carbonyl (C=O) groups excluding carboxylic acids is 1. The van der Waals surface area contributed by atoms with Crippen molar-refractivity contribution in [2.75, 3.05) is 13.7 Å². The van der Waals surface area contributed by atoms with Crippen LogP contribution in [0.25, 0.3) is 0 Å². The summed E-state index contributed by atoms with van der Waals surface area (Å²) in [5.74, 6) is -0.317. The maximum atomic E-state index is 11.4. The molecule has 1 aromatic rings. The van der Waals surface area contributed by atoms with E-state index in [4.69, 9.17) is 16.3 Å². The van der Waals surface area contributed by atoms with Crippen LogP contribution in [-0.2, 0) is 20.7 Å². The monoisotopic (exact) mass is 226 g/mol. The average Bonchev–Trinajstić information content (AvgIpc) is 2.98. The molecular formula is C11H11ClO3. The van der Waals surface area contributed by atoms with Gasteiger partial charge in [-0.05, 0) is 17.7 Å². The molecule has 80 valence electrons. The molecule has 1 aromatic carbocycles. The van der Waals surface area contributed by atoms with E-state index in [1.165, 1.54) is 7.11 Å². The minimum absolute atomic E-state index is 0.317. The van der Waals surface area contributed by atoms with Crippen molar-refractivity contribution in [1.29, 1.82) is 0 Å². The zero-order valence-electron chi connectivity index (χ0n) is 8.33. The lowest BCUT2D eigenvalue weighted by atomic mass is 10.0. The third-order valence-corrected chi connectivity index (χ3v) is 2.66. The van der Waals surface area contributed by atoms with Gasteiger partial charge < -0.3 is 9.47 Å². The van der Waals surface area contributed by atoms with Crippen molar-refractivity contribution >= 4 is 17.6 Å². The van der Waals surface area contributed by atoms with Crippen LogP contribution in [0.4, 0.5) is 0 Å². The van der Waals surface area contributed by atoms with Crippen LogP contribution >= 0.6 is 11.6 Å². The number of rotatable bonds is 3. The van der Waals surface area contributed by atoms with Crippen molar-refractivity contribution < 1.29 is 14.3 Å². The van der Waals surface area contributed by atoms with Crippen molar-refractivity contribution in [1.82, 2.24) is 0 Å². The number of benzene rings is 1. The molecule has 0 bridgehead atoms. The smallest absolute Gasteiger partial charge is 0.340 e. The molecule has 1 aliphatic rings. The standard InChI is InChI=1S/C11H11ClO3/c1-14-10(13)11(7-15-11)6-8-3-2-4-9(12)5-8/h2-5H,6-7H2,1H3. The molecule has 0 saturated carbocycles. The van der Waals surface area contributed by atoms with Crippen molar-refractivity contribution in [2.45, 2.75) is 12.0 Å². The zero-order valence-corrected chi connectivity index (χ0v) is 9.08. The van der Waals surface area contributed by atoms with Gasteiger partial charge >= 0.3 is 5.97 Å². The molecule has 1 atom stereocenters. The molecule has 4 heteroatoms. The lowest BCUT2D eigenvalue weighted by molar-refractivity contribution is -0.146. The van der Waals surface area contributed by atoms with E-state index in [-0.39, 0.29) is 5.97 Å². The van der Waals surface area contributed by atoms with Gasteiger partial charge in [0.25, 0.3) is 0 Å². The predicted octanol–water partition coefficient (Wildman–Crippen LogP) is 1.82. The van der Waals surface area contributed by atoms with E-state index in [1.807, 2.05) is 18.2 Å². The number of hydrogen-bond acceptors (Lipinski definition) is 3. The predicted molar refractivity (Wildman–Crippen MR) is 55.9 cm³/mol. The highest BCUT2D eigenvalue weighted by Crippen LogP contribution is 2.33. The summed E-state index contributed by atoms with van der Waals surface area (Å²) in [4.78, 5) is 11.4. The van der Waals surface area contributed by atoms with Gasteiger partial charge in [0.15, 0.2) is 5.60 Å². The average molecular weight is 227 g/mol. The molecule has 0 radical (unpaired) electrons. The second kappa shape index (κ2) is 3.83. The summed E-state index contributed by atoms with van der Waals surface area (Å²) >= 11 is 5.85. The van der Waals surface area contributed by atoms with Crippen LogP contribution in [0.15, 0.2) is 24.3 Å². The molecule has 3 nitrogen and oxygen atoms in total. The third kappa shape index (κ3) is 2.13. The van der Waals surface area contributed by atoms with Crippen molar-refractivity contribution in [3.8, 4) is 0 Å². The Morgan fingerprint density at radius 1 is 1.67 bits per heavy atom. The molecule has 1 unspecified atom stereocenters. The van der Waals surface area contributed by atoms with Crippen LogP contribution < -0.4 is 0 Å². The molecular weight excluding hydrogens is 216 g/mol. The Balaban J connectivity index is 2.12. The van der Waals surface area contributed by atoms with Crippen LogP contribution in [0, 0.1) is 0 Å². The van der Waals surface area contributed by atoms with E-state index in [9.17, 15) is 4.79 Å². The van der Waals surface area contributed by atoms with Gasteiger partial charge in [-0.1, -0.05) is 23.7 Å². The van der Waals surface area contributed by atoms with Crippen LogP contribution in [0.2, 0.25) is 5.02 Å². The molecule has 1 saturated heterocycles. The first-order chi connectivity index (χ1) is 7.16. The summed E-state index contributed by atoms with van der Waals surface area (Å²) in [6, 6.07) is 7.39. The summed E-state index contributed by atoms with van der Waals surface area (Å²) in [6.45, 7) is 0.423. The first kappa shape index (κ1) is 10.5. The van der Waals surface area contributed by atoms with Crippen LogP contribution in [0.3, 0.4) is 0 Å². The lowest BCUT2D eigenvalue weighted by Gasteiger charge is -2.09. The summed E-state index contributed by atoms with van der Waals surface area (Å²) in [5, 5.41) is 0.660. The highest BCUT2D eigenvalue weighted by Gasteiger charge is 2.53. The largest absolute Gasteiger partial charge is 0.467 e. The number of ether oxygens (including phenoxy) is 2. The second-order valence-electron chi connectivity index (χ2n) is 3.58. The Bertz CT molecular complexity index is 385. The quantitative estimate of drug-likeness (QED) is 0.583. The summed E-state index contributed by atoms with van der Waals surface area (Å²) in [7, 11) is 1.36. The van der Waals surface area contributed by atoms with E-state index >= 15 is 0 Å². The normalized spacial score (nSPS) is 23.6. The molecule has 0 amide bonds. The molecule has 0 spiro atoms. The fraction of sp³-hybridized carbons (Fsp3) is 0.364. The first-order valence-electron chi connectivity index (χ1n) is 4.63. The van der Waals surface area contributed by atoms with Crippen LogP contribution in [0.1, 0.15) is 5.56 Å². The number of halogens is 1. The Morgan fingerprint density at radius 2 is 2.40 bits per heavy atom. The van der Waals surface area contributed by atoms with Gasteiger partial charge in [0.2, 0.25) is 0 Å². The summed E-state index contributed by atoms with van der Waals surface area (Å²) in [6.07, 6.45) is 0.514. The minimum Gasteiger partial charge on any atom is -0.467 e. The van der Waals surface area contributed by atoms with Gasteiger partial charge in [-0.2, -0.15) is 0 Å². The number of methoxy groups -OCH3 is 1. The van der Waals surface area contributed by atoms with Crippen molar-refractivity contribution in [2.24, 2.45) is 0 Å². The van der Waals surface area contributed by atoms with E-state index in [2.05, 4.69) is 4.74 Å². The van der Waals surface area contributed by atoms with Gasteiger partial charge in [0.1, 0.15) is 0 Å². The van der Waals surface area contributed by atoms with Crippen LogP contribution in [-0.4, -0.2) is 25.3 Å².